The highest BCUT2D eigenvalue weighted by molar-refractivity contribution is 5.54. The molecule has 0 aliphatic heterocycles. The quantitative estimate of drug-likeness (QED) is 0.881. The Hall–Kier alpha value is -1.81. The molecule has 2 aromatic rings. The summed E-state index contributed by atoms with van der Waals surface area (Å²) < 4.78 is 10.5. The molecule has 1 atom stereocenters. The number of benzene rings is 1. The van der Waals surface area contributed by atoms with Gasteiger partial charge in [-0.15, -0.1) is 0 Å². The number of aromatic nitrogens is 1. The van der Waals surface area contributed by atoms with E-state index in [9.17, 15) is 5.11 Å². The Kier molecular flexibility index (Phi) is 3.99. The van der Waals surface area contributed by atoms with Crippen LogP contribution in [0.1, 0.15) is 31.6 Å². The minimum Gasteiger partial charge on any atom is -0.497 e. The second-order valence-electron chi connectivity index (χ2n) is 4.11. The van der Waals surface area contributed by atoms with Crippen molar-refractivity contribution in [1.82, 2.24) is 4.98 Å². The number of ether oxygens (including phenoxy) is 1. The topological polar surface area (TPSA) is 55.5 Å². The van der Waals surface area contributed by atoms with Crippen LogP contribution in [0.2, 0.25) is 0 Å². The smallest absolute Gasteiger partial charge is 0.226 e. The number of hydrogen-bond acceptors (Lipinski definition) is 4. The van der Waals surface area contributed by atoms with Crippen molar-refractivity contribution in [3.05, 3.63) is 36.2 Å². The fourth-order valence-corrected chi connectivity index (χ4v) is 1.73. The summed E-state index contributed by atoms with van der Waals surface area (Å²) in [6, 6.07) is 7.45. The molecule has 0 amide bonds. The molecular weight excluding hydrogens is 230 g/mol. The third kappa shape index (κ3) is 2.71. The van der Waals surface area contributed by atoms with Crippen LogP contribution in [-0.4, -0.2) is 17.2 Å². The summed E-state index contributed by atoms with van der Waals surface area (Å²) in [7, 11) is 1.62. The van der Waals surface area contributed by atoms with Crippen LogP contribution in [-0.2, 0) is 0 Å². The largest absolute Gasteiger partial charge is 0.497 e. The highest BCUT2D eigenvalue weighted by Crippen LogP contribution is 2.25. The summed E-state index contributed by atoms with van der Waals surface area (Å²) in [5.41, 5.74) is 1.45. The lowest BCUT2D eigenvalue weighted by Crippen LogP contribution is -1.96. The summed E-state index contributed by atoms with van der Waals surface area (Å²) in [6.45, 7) is 2.02. The van der Waals surface area contributed by atoms with E-state index in [0.29, 0.717) is 18.0 Å². The molecule has 1 unspecified atom stereocenters. The Morgan fingerprint density at radius 3 is 2.67 bits per heavy atom. The van der Waals surface area contributed by atoms with E-state index in [2.05, 4.69) is 4.98 Å². The van der Waals surface area contributed by atoms with E-state index in [4.69, 9.17) is 9.15 Å². The van der Waals surface area contributed by atoms with Gasteiger partial charge in [-0.3, -0.25) is 0 Å². The summed E-state index contributed by atoms with van der Waals surface area (Å²) in [5.74, 6) is 1.30. The van der Waals surface area contributed by atoms with Crippen LogP contribution < -0.4 is 4.74 Å². The molecule has 0 spiro atoms. The van der Waals surface area contributed by atoms with Crippen molar-refractivity contribution in [1.29, 1.82) is 0 Å². The molecule has 0 radical (unpaired) electrons. The number of aliphatic hydroxyl groups is 1. The molecule has 18 heavy (non-hydrogen) atoms. The summed E-state index contributed by atoms with van der Waals surface area (Å²) >= 11 is 0. The summed E-state index contributed by atoms with van der Waals surface area (Å²) in [4.78, 5) is 4.30. The molecule has 1 heterocycles. The molecule has 0 bridgehead atoms. The van der Waals surface area contributed by atoms with E-state index in [1.165, 1.54) is 6.26 Å². The number of methoxy groups -OCH3 is 1. The maximum absolute atomic E-state index is 9.82. The van der Waals surface area contributed by atoms with Gasteiger partial charge in [0.05, 0.1) is 13.2 Å². The number of hydrogen-bond donors (Lipinski definition) is 1. The van der Waals surface area contributed by atoms with E-state index >= 15 is 0 Å². The van der Waals surface area contributed by atoms with E-state index < -0.39 is 6.10 Å². The number of oxazole rings is 1. The Balaban J connectivity index is 2.18. The van der Waals surface area contributed by atoms with Crippen LogP contribution in [0.5, 0.6) is 5.75 Å². The molecule has 0 aliphatic rings. The average molecular weight is 247 g/mol. The molecule has 96 valence electrons. The van der Waals surface area contributed by atoms with E-state index in [-0.39, 0.29) is 0 Å². The molecule has 1 aromatic heterocycles. The Bertz CT molecular complexity index is 490. The van der Waals surface area contributed by atoms with Gasteiger partial charge in [-0.2, -0.15) is 0 Å². The fraction of sp³-hybridized carbons (Fsp3) is 0.357. The lowest BCUT2D eigenvalue weighted by atomic mass is 10.1. The van der Waals surface area contributed by atoms with Crippen LogP contribution in [0.3, 0.4) is 0 Å². The molecule has 1 aromatic carbocycles. The van der Waals surface area contributed by atoms with Gasteiger partial charge in [0.1, 0.15) is 17.7 Å². The van der Waals surface area contributed by atoms with Crippen molar-refractivity contribution < 1.29 is 14.3 Å². The first-order valence-electron chi connectivity index (χ1n) is 6.02. The fourth-order valence-electron chi connectivity index (χ4n) is 1.73. The minimum absolute atomic E-state index is 0.516. The maximum Gasteiger partial charge on any atom is 0.226 e. The van der Waals surface area contributed by atoms with Gasteiger partial charge < -0.3 is 14.3 Å². The first-order valence-corrected chi connectivity index (χ1v) is 6.02. The lowest BCUT2D eigenvalue weighted by Gasteiger charge is -2.03. The van der Waals surface area contributed by atoms with Gasteiger partial charge in [-0.1, -0.05) is 13.3 Å². The zero-order valence-electron chi connectivity index (χ0n) is 10.6. The monoisotopic (exact) mass is 247 g/mol. The zero-order valence-corrected chi connectivity index (χ0v) is 10.6. The molecule has 1 N–H and O–H groups in total. The molecular formula is C14H17NO3. The normalized spacial score (nSPS) is 12.4. The molecule has 2 rings (SSSR count). The van der Waals surface area contributed by atoms with Gasteiger partial charge in [0.25, 0.3) is 0 Å². The highest BCUT2D eigenvalue weighted by atomic mass is 16.5. The number of nitrogens with zero attached hydrogens (tertiary/aromatic N) is 1. The van der Waals surface area contributed by atoms with Crippen LogP contribution in [0.25, 0.3) is 11.5 Å². The van der Waals surface area contributed by atoms with Gasteiger partial charge in [-0.05, 0) is 30.7 Å². The van der Waals surface area contributed by atoms with Gasteiger partial charge >= 0.3 is 0 Å². The molecule has 4 heteroatoms. The van der Waals surface area contributed by atoms with Crippen molar-refractivity contribution >= 4 is 0 Å². The molecule has 0 aliphatic carbocycles. The van der Waals surface area contributed by atoms with Gasteiger partial charge in [-0.25, -0.2) is 4.98 Å². The van der Waals surface area contributed by atoms with E-state index in [1.54, 1.807) is 7.11 Å². The molecule has 4 nitrogen and oxygen atoms in total. The van der Waals surface area contributed by atoms with Crippen molar-refractivity contribution in [2.24, 2.45) is 0 Å². The van der Waals surface area contributed by atoms with E-state index in [1.807, 2.05) is 31.2 Å². The number of rotatable bonds is 5. The molecule has 0 saturated heterocycles. The zero-order chi connectivity index (χ0) is 13.0. The predicted molar refractivity (Wildman–Crippen MR) is 68.4 cm³/mol. The average Bonchev–Trinajstić information content (AvgIpc) is 2.89. The first kappa shape index (κ1) is 12.6. The highest BCUT2D eigenvalue weighted by Gasteiger charge is 2.13. The standard InChI is InChI=1S/C14H17NO3/c1-3-4-13(16)12-9-18-14(15-12)10-5-7-11(17-2)8-6-10/h5-9,13,16H,3-4H2,1-2H3. The van der Waals surface area contributed by atoms with Crippen LogP contribution in [0, 0.1) is 0 Å². The number of aliphatic hydroxyl groups excluding tert-OH is 1. The molecule has 0 fully saturated rings. The third-order valence-corrected chi connectivity index (χ3v) is 2.76. The van der Waals surface area contributed by atoms with Gasteiger partial charge in [0.15, 0.2) is 0 Å². The first-order chi connectivity index (χ1) is 8.74. The second kappa shape index (κ2) is 5.69. The third-order valence-electron chi connectivity index (χ3n) is 2.76. The Morgan fingerprint density at radius 2 is 2.06 bits per heavy atom. The summed E-state index contributed by atoms with van der Waals surface area (Å²) in [5, 5.41) is 9.82. The lowest BCUT2D eigenvalue weighted by molar-refractivity contribution is 0.161. The Morgan fingerprint density at radius 1 is 1.33 bits per heavy atom. The SMILES string of the molecule is CCCC(O)c1coc(-c2ccc(OC)cc2)n1. The van der Waals surface area contributed by atoms with Crippen LogP contribution in [0.4, 0.5) is 0 Å². The molecule has 0 saturated carbocycles. The van der Waals surface area contributed by atoms with Gasteiger partial charge in [0, 0.05) is 5.56 Å². The van der Waals surface area contributed by atoms with Crippen LogP contribution in [0.15, 0.2) is 34.9 Å². The van der Waals surface area contributed by atoms with Crippen LogP contribution >= 0.6 is 0 Å². The second-order valence-corrected chi connectivity index (χ2v) is 4.11. The van der Waals surface area contributed by atoms with Gasteiger partial charge in [0.2, 0.25) is 5.89 Å². The Labute approximate surface area is 106 Å². The van der Waals surface area contributed by atoms with E-state index in [0.717, 1.165) is 17.7 Å². The summed E-state index contributed by atoms with van der Waals surface area (Å²) in [6.07, 6.45) is 2.56. The van der Waals surface area contributed by atoms with Crippen molar-refractivity contribution in [3.8, 4) is 17.2 Å². The van der Waals surface area contributed by atoms with Crippen molar-refractivity contribution in [2.75, 3.05) is 7.11 Å². The van der Waals surface area contributed by atoms with Crippen molar-refractivity contribution in [2.45, 2.75) is 25.9 Å². The maximum atomic E-state index is 9.82. The van der Waals surface area contributed by atoms with Crippen molar-refractivity contribution in [3.63, 3.8) is 0 Å². The predicted octanol–water partition coefficient (Wildman–Crippen LogP) is 3.18. The minimum atomic E-state index is -0.550.